The molecule has 1 aromatic heterocycles. The van der Waals surface area contributed by atoms with Gasteiger partial charge in [-0.1, -0.05) is 30.3 Å². The van der Waals surface area contributed by atoms with Crippen LogP contribution in [0.1, 0.15) is 21.6 Å². The first kappa shape index (κ1) is 21.1. The number of carbonyl (C=O) groups is 1. The van der Waals surface area contributed by atoms with Crippen molar-refractivity contribution in [3.8, 4) is 27.9 Å². The van der Waals surface area contributed by atoms with Gasteiger partial charge in [0.25, 0.3) is 0 Å². The maximum Gasteiger partial charge on any atom is 0.337 e. The van der Waals surface area contributed by atoms with E-state index in [0.717, 1.165) is 11.9 Å². The van der Waals surface area contributed by atoms with E-state index in [1.54, 1.807) is 23.0 Å². The van der Waals surface area contributed by atoms with Gasteiger partial charge in [-0.3, -0.25) is 0 Å². The lowest BCUT2D eigenvalue weighted by atomic mass is 9.82. The molecule has 1 aliphatic rings. The van der Waals surface area contributed by atoms with Crippen molar-refractivity contribution in [2.45, 2.75) is 17.7 Å². The summed E-state index contributed by atoms with van der Waals surface area (Å²) in [5.74, 6) is -1.73. The van der Waals surface area contributed by atoms with Gasteiger partial charge in [0, 0.05) is 23.6 Å². The fourth-order valence-electron chi connectivity index (χ4n) is 4.41. The molecule has 0 saturated carbocycles. The summed E-state index contributed by atoms with van der Waals surface area (Å²) in [7, 11) is -3.88. The molecule has 3 aromatic carbocycles. The molecule has 5 rings (SSSR count). The Kier molecular flexibility index (Phi) is 4.90. The molecule has 4 aromatic rings. The largest absolute Gasteiger partial charge is 0.478 e. The highest BCUT2D eigenvalue weighted by atomic mass is 32.2. The van der Waals surface area contributed by atoms with Crippen LogP contribution < -0.4 is 0 Å². The Balaban J connectivity index is 1.86. The summed E-state index contributed by atoms with van der Waals surface area (Å²) in [6.45, 7) is 0. The molecule has 0 radical (unpaired) electrons. The minimum Gasteiger partial charge on any atom is -0.478 e. The Morgan fingerprint density at radius 1 is 1.03 bits per heavy atom. The van der Waals surface area contributed by atoms with Gasteiger partial charge in [-0.2, -0.15) is 5.10 Å². The summed E-state index contributed by atoms with van der Waals surface area (Å²) >= 11 is 0. The number of nitrogens with zero attached hydrogens (tertiary/aromatic N) is 2. The molecule has 0 unspecified atom stereocenters. The van der Waals surface area contributed by atoms with Crippen molar-refractivity contribution in [1.29, 1.82) is 0 Å². The number of hydrogen-bond acceptors (Lipinski definition) is 4. The summed E-state index contributed by atoms with van der Waals surface area (Å²) in [6.07, 6.45) is 3.78. The summed E-state index contributed by atoms with van der Waals surface area (Å²) in [4.78, 5) is 12.1. The molecule has 6 nitrogen and oxygen atoms in total. The average molecular weight is 463 g/mol. The van der Waals surface area contributed by atoms with E-state index in [1.165, 1.54) is 18.2 Å². The molecule has 8 heteroatoms. The highest BCUT2D eigenvalue weighted by Crippen LogP contribution is 2.44. The number of carboxylic acid groups (broad SMARTS) is 1. The molecule has 0 saturated heterocycles. The van der Waals surface area contributed by atoms with Crippen LogP contribution in [0.3, 0.4) is 0 Å². The normalized spacial score (nSPS) is 12.8. The van der Waals surface area contributed by atoms with Crippen LogP contribution in [-0.2, 0) is 22.7 Å². The second kappa shape index (κ2) is 7.67. The number of aromatic carboxylic acids is 1. The first-order valence-electron chi connectivity index (χ1n) is 10.3. The fraction of sp³-hybridized carbons (Fsp3) is 0.120. The molecule has 33 heavy (non-hydrogen) atoms. The van der Waals surface area contributed by atoms with Gasteiger partial charge >= 0.3 is 5.97 Å². The second-order valence-corrected chi connectivity index (χ2v) is 9.99. The number of fused-ring (bicyclic) bond motifs is 3. The van der Waals surface area contributed by atoms with E-state index in [-0.39, 0.29) is 10.5 Å². The number of sulfone groups is 1. The predicted octanol–water partition coefficient (Wildman–Crippen LogP) is 4.55. The van der Waals surface area contributed by atoms with Gasteiger partial charge in [0.2, 0.25) is 0 Å². The maximum absolute atomic E-state index is 13.6. The highest BCUT2D eigenvalue weighted by Gasteiger charge is 2.32. The number of rotatable bonds is 4. The molecule has 0 fully saturated rings. The standard InChI is InChI=1S/C25H19FN2O4S/c1-33(31,32)22-13-19(15-7-9-16(26)10-8-15)18-11-12-21-20(23(18)24(22)25(29)30)14-28(27-21)17-5-3-2-4-6-17/h2-10,13-14H,11-12H2,1H3,(H,29,30). The average Bonchev–Trinajstić information content (AvgIpc) is 3.23. The minimum atomic E-state index is -3.88. The Bertz CT molecular complexity index is 1510. The van der Waals surface area contributed by atoms with Crippen molar-refractivity contribution >= 4 is 15.8 Å². The molecule has 0 spiro atoms. The van der Waals surface area contributed by atoms with Gasteiger partial charge in [0.05, 0.1) is 21.8 Å². The SMILES string of the molecule is CS(=O)(=O)c1cc(-c2ccc(F)cc2)c2c(c1C(=O)O)-c1cn(-c3ccccc3)nc1CC2. The summed E-state index contributed by atoms with van der Waals surface area (Å²) in [6, 6.07) is 16.5. The Labute approximate surface area is 189 Å². The van der Waals surface area contributed by atoms with E-state index in [9.17, 15) is 22.7 Å². The van der Waals surface area contributed by atoms with Crippen molar-refractivity contribution in [2.75, 3.05) is 6.26 Å². The van der Waals surface area contributed by atoms with Crippen LogP contribution in [0.4, 0.5) is 4.39 Å². The van der Waals surface area contributed by atoms with Crippen molar-refractivity contribution < 1.29 is 22.7 Å². The summed E-state index contributed by atoms with van der Waals surface area (Å²) in [5, 5.41) is 14.7. The smallest absolute Gasteiger partial charge is 0.337 e. The summed E-state index contributed by atoms with van der Waals surface area (Å²) in [5.41, 5.74) is 4.10. The van der Waals surface area contributed by atoms with Gasteiger partial charge in [0.1, 0.15) is 5.82 Å². The first-order valence-corrected chi connectivity index (χ1v) is 12.2. The van der Waals surface area contributed by atoms with Crippen LogP contribution in [0.5, 0.6) is 0 Å². The van der Waals surface area contributed by atoms with Crippen LogP contribution >= 0.6 is 0 Å². The number of para-hydroxylation sites is 1. The van der Waals surface area contributed by atoms with Crippen LogP contribution in [0.2, 0.25) is 0 Å². The van der Waals surface area contributed by atoms with Crippen LogP contribution in [-0.4, -0.2) is 35.5 Å². The van der Waals surface area contributed by atoms with Crippen molar-refractivity contribution in [2.24, 2.45) is 0 Å². The Hall–Kier alpha value is -3.78. The third-order valence-electron chi connectivity index (χ3n) is 5.86. The third kappa shape index (κ3) is 3.62. The zero-order valence-electron chi connectivity index (χ0n) is 17.6. The van der Waals surface area contributed by atoms with Crippen LogP contribution in [0.15, 0.2) is 71.8 Å². The molecule has 1 aliphatic carbocycles. The van der Waals surface area contributed by atoms with Crippen molar-refractivity contribution in [3.05, 3.63) is 89.5 Å². The Morgan fingerprint density at radius 2 is 1.73 bits per heavy atom. The van der Waals surface area contributed by atoms with E-state index in [2.05, 4.69) is 5.10 Å². The lowest BCUT2D eigenvalue weighted by molar-refractivity contribution is 0.0693. The first-order chi connectivity index (χ1) is 15.7. The quantitative estimate of drug-likeness (QED) is 0.481. The monoisotopic (exact) mass is 462 g/mol. The summed E-state index contributed by atoms with van der Waals surface area (Å²) < 4.78 is 40.6. The molecule has 166 valence electrons. The zero-order valence-corrected chi connectivity index (χ0v) is 18.4. The minimum absolute atomic E-state index is 0.257. The number of aryl methyl sites for hydroxylation is 1. The van der Waals surface area contributed by atoms with Crippen molar-refractivity contribution in [3.63, 3.8) is 0 Å². The predicted molar refractivity (Wildman–Crippen MR) is 122 cm³/mol. The number of benzene rings is 3. The van der Waals surface area contributed by atoms with E-state index in [0.29, 0.717) is 46.4 Å². The van der Waals surface area contributed by atoms with Gasteiger partial charge in [-0.25, -0.2) is 22.3 Å². The molecular formula is C25H19FN2O4S. The van der Waals surface area contributed by atoms with Gasteiger partial charge in [-0.15, -0.1) is 0 Å². The lowest BCUT2D eigenvalue weighted by Gasteiger charge is -2.23. The molecule has 1 heterocycles. The second-order valence-electron chi connectivity index (χ2n) is 8.00. The number of aromatic nitrogens is 2. The molecule has 1 N–H and O–H groups in total. The van der Waals surface area contributed by atoms with E-state index < -0.39 is 21.6 Å². The molecule has 0 amide bonds. The van der Waals surface area contributed by atoms with Gasteiger partial charge in [-0.05, 0) is 59.9 Å². The zero-order chi connectivity index (χ0) is 23.3. The van der Waals surface area contributed by atoms with Crippen molar-refractivity contribution in [1.82, 2.24) is 9.78 Å². The number of hydrogen-bond donors (Lipinski definition) is 1. The number of halogens is 1. The maximum atomic E-state index is 13.6. The highest BCUT2D eigenvalue weighted by molar-refractivity contribution is 7.90. The van der Waals surface area contributed by atoms with E-state index in [4.69, 9.17) is 0 Å². The molecule has 0 aliphatic heterocycles. The molecule has 0 atom stereocenters. The Morgan fingerprint density at radius 3 is 2.36 bits per heavy atom. The topological polar surface area (TPSA) is 89.3 Å². The van der Waals surface area contributed by atoms with Crippen LogP contribution in [0, 0.1) is 5.82 Å². The number of carboxylic acids is 1. The van der Waals surface area contributed by atoms with E-state index in [1.807, 2.05) is 30.3 Å². The fourth-order valence-corrected chi connectivity index (χ4v) is 5.30. The van der Waals surface area contributed by atoms with Crippen LogP contribution in [0.25, 0.3) is 27.9 Å². The molecular weight excluding hydrogens is 443 g/mol. The third-order valence-corrected chi connectivity index (χ3v) is 6.98. The lowest BCUT2D eigenvalue weighted by Crippen LogP contribution is -2.15. The van der Waals surface area contributed by atoms with Gasteiger partial charge in [0.15, 0.2) is 9.84 Å². The van der Waals surface area contributed by atoms with E-state index >= 15 is 0 Å². The molecule has 0 bridgehead atoms. The van der Waals surface area contributed by atoms with Gasteiger partial charge < -0.3 is 5.11 Å².